The molecule has 3 rings (SSSR count). The van der Waals surface area contributed by atoms with Crippen LogP contribution in [0.3, 0.4) is 0 Å². The lowest BCUT2D eigenvalue weighted by atomic mass is 10.1. The molecule has 2 aromatic heterocycles. The Kier molecular flexibility index (Phi) is 5.20. The minimum atomic E-state index is -0.220. The monoisotopic (exact) mass is 341 g/mol. The molecule has 0 spiro atoms. The fraction of sp³-hybridized carbons (Fsp3) is 0.263. The minimum Gasteiger partial charge on any atom is -0.314 e. The van der Waals surface area contributed by atoms with Crippen molar-refractivity contribution in [2.24, 2.45) is 4.99 Å². The average Bonchev–Trinajstić information content (AvgIpc) is 3.00. The van der Waals surface area contributed by atoms with Gasteiger partial charge in [0.05, 0.1) is 17.6 Å². The Morgan fingerprint density at radius 1 is 1.25 bits per heavy atom. The molecule has 0 bridgehead atoms. The van der Waals surface area contributed by atoms with Crippen molar-refractivity contribution in [1.82, 2.24) is 9.55 Å². The first-order valence-corrected chi connectivity index (χ1v) is 8.97. The third-order valence-electron chi connectivity index (χ3n) is 3.90. The summed E-state index contributed by atoms with van der Waals surface area (Å²) in [6.45, 7) is 4.38. The largest absolute Gasteiger partial charge is 0.314 e. The highest BCUT2D eigenvalue weighted by Gasteiger charge is 2.13. The number of benzene rings is 1. The molecular weight excluding hydrogens is 321 g/mol. The van der Waals surface area contributed by atoms with Gasteiger partial charge in [0.25, 0.3) is 0 Å². The van der Waals surface area contributed by atoms with Gasteiger partial charge in [-0.1, -0.05) is 13.3 Å². The number of nitrogens with zero attached hydrogens (tertiary/aromatic N) is 3. The van der Waals surface area contributed by atoms with Gasteiger partial charge in [-0.25, -0.2) is 9.38 Å². The van der Waals surface area contributed by atoms with E-state index >= 15 is 0 Å². The first-order valence-electron chi connectivity index (χ1n) is 8.09. The molecule has 0 fully saturated rings. The highest BCUT2D eigenvalue weighted by Crippen LogP contribution is 2.26. The topological polar surface area (TPSA) is 30.2 Å². The molecule has 3 nitrogen and oxygen atoms in total. The van der Waals surface area contributed by atoms with Crippen molar-refractivity contribution in [1.29, 1.82) is 0 Å². The van der Waals surface area contributed by atoms with Crippen LogP contribution in [-0.2, 0) is 0 Å². The Labute approximate surface area is 145 Å². The van der Waals surface area contributed by atoms with E-state index in [0.717, 1.165) is 34.6 Å². The molecule has 0 aliphatic heterocycles. The lowest BCUT2D eigenvalue weighted by Gasteiger charge is -2.16. The zero-order valence-corrected chi connectivity index (χ0v) is 14.6. The normalized spacial score (nSPS) is 13.2. The van der Waals surface area contributed by atoms with Crippen LogP contribution in [0.15, 0.2) is 59.2 Å². The van der Waals surface area contributed by atoms with Crippen molar-refractivity contribution < 1.29 is 4.39 Å². The second kappa shape index (κ2) is 7.53. The third kappa shape index (κ3) is 3.62. The zero-order valence-electron chi connectivity index (χ0n) is 13.8. The van der Waals surface area contributed by atoms with Gasteiger partial charge < -0.3 is 4.57 Å². The van der Waals surface area contributed by atoms with E-state index in [0.29, 0.717) is 6.04 Å². The number of pyridine rings is 1. The number of halogens is 1. The van der Waals surface area contributed by atoms with Crippen molar-refractivity contribution >= 4 is 17.0 Å². The molecular formula is C19H20FN3S. The molecule has 2 heterocycles. The first-order chi connectivity index (χ1) is 11.7. The number of aromatic nitrogens is 2. The van der Waals surface area contributed by atoms with Gasteiger partial charge in [-0.3, -0.25) is 4.98 Å². The van der Waals surface area contributed by atoms with Gasteiger partial charge in [0.15, 0.2) is 4.80 Å². The molecule has 124 valence electrons. The van der Waals surface area contributed by atoms with Gasteiger partial charge in [-0.15, -0.1) is 11.3 Å². The van der Waals surface area contributed by atoms with Gasteiger partial charge >= 0.3 is 0 Å². The van der Waals surface area contributed by atoms with E-state index < -0.39 is 0 Å². The fourth-order valence-electron chi connectivity index (χ4n) is 2.74. The van der Waals surface area contributed by atoms with E-state index in [1.807, 2.05) is 24.3 Å². The quantitative estimate of drug-likeness (QED) is 0.616. The summed E-state index contributed by atoms with van der Waals surface area (Å²) in [6, 6.07) is 10.8. The molecule has 5 heteroatoms. The Hall–Kier alpha value is -2.27. The van der Waals surface area contributed by atoms with Crippen LogP contribution in [0, 0.1) is 5.82 Å². The first kappa shape index (κ1) is 16.6. The van der Waals surface area contributed by atoms with E-state index in [2.05, 4.69) is 28.8 Å². The number of hydrogen-bond acceptors (Lipinski definition) is 3. The lowest BCUT2D eigenvalue weighted by Crippen LogP contribution is -2.19. The summed E-state index contributed by atoms with van der Waals surface area (Å²) < 4.78 is 15.5. The highest BCUT2D eigenvalue weighted by atomic mass is 32.1. The number of rotatable bonds is 5. The van der Waals surface area contributed by atoms with Crippen LogP contribution in [0.1, 0.15) is 32.7 Å². The van der Waals surface area contributed by atoms with Gasteiger partial charge in [-0.2, -0.15) is 0 Å². The van der Waals surface area contributed by atoms with Crippen molar-refractivity contribution in [3.05, 3.63) is 64.8 Å². The molecule has 0 radical (unpaired) electrons. The van der Waals surface area contributed by atoms with E-state index in [9.17, 15) is 4.39 Å². The summed E-state index contributed by atoms with van der Waals surface area (Å²) in [5.74, 6) is -0.220. The highest BCUT2D eigenvalue weighted by molar-refractivity contribution is 7.07. The molecule has 0 aliphatic carbocycles. The lowest BCUT2D eigenvalue weighted by molar-refractivity contribution is 0.495. The maximum absolute atomic E-state index is 13.2. The van der Waals surface area contributed by atoms with Gasteiger partial charge in [0.2, 0.25) is 0 Å². The Bertz CT molecular complexity index is 850. The standard InChI is InChI=1S/C19H20FN3S/c1-3-5-14(2)23-18(15-7-9-16(20)10-8-15)13-24-19(23)22-17-6-4-11-21-12-17/h4,6-14H,3,5H2,1-2H3. The molecule has 3 aromatic rings. The van der Waals surface area contributed by atoms with E-state index in [1.165, 1.54) is 12.1 Å². The van der Waals surface area contributed by atoms with Crippen LogP contribution in [0.4, 0.5) is 10.1 Å². The van der Waals surface area contributed by atoms with Crippen molar-refractivity contribution in [3.63, 3.8) is 0 Å². The number of thiazole rings is 1. The van der Waals surface area contributed by atoms with E-state index in [4.69, 9.17) is 4.99 Å². The predicted molar refractivity (Wildman–Crippen MR) is 96.8 cm³/mol. The SMILES string of the molecule is CCCC(C)n1c(-c2ccc(F)cc2)csc1=Nc1cccnc1. The fourth-order valence-corrected chi connectivity index (χ4v) is 3.75. The number of hydrogen-bond donors (Lipinski definition) is 0. The minimum absolute atomic E-state index is 0.220. The molecule has 1 unspecified atom stereocenters. The Morgan fingerprint density at radius 3 is 2.71 bits per heavy atom. The van der Waals surface area contributed by atoms with Crippen LogP contribution in [0.25, 0.3) is 11.3 Å². The summed E-state index contributed by atoms with van der Waals surface area (Å²) in [5, 5.41) is 2.09. The van der Waals surface area contributed by atoms with Gasteiger partial charge in [0, 0.05) is 17.6 Å². The second-order valence-corrected chi connectivity index (χ2v) is 6.58. The predicted octanol–water partition coefficient (Wildman–Crippen LogP) is 5.34. The van der Waals surface area contributed by atoms with Crippen LogP contribution in [-0.4, -0.2) is 9.55 Å². The molecule has 0 saturated carbocycles. The molecule has 0 aliphatic rings. The zero-order chi connectivity index (χ0) is 16.9. The summed E-state index contributed by atoms with van der Waals surface area (Å²) in [6.07, 6.45) is 5.65. The summed E-state index contributed by atoms with van der Waals surface area (Å²) >= 11 is 1.60. The third-order valence-corrected chi connectivity index (χ3v) is 4.74. The van der Waals surface area contributed by atoms with E-state index in [-0.39, 0.29) is 5.82 Å². The van der Waals surface area contributed by atoms with Crippen LogP contribution in [0.2, 0.25) is 0 Å². The Balaban J connectivity index is 2.13. The molecule has 0 N–H and O–H groups in total. The maximum atomic E-state index is 13.2. The summed E-state index contributed by atoms with van der Waals surface area (Å²) in [7, 11) is 0. The van der Waals surface area contributed by atoms with Gasteiger partial charge in [0.1, 0.15) is 5.82 Å². The summed E-state index contributed by atoms with van der Waals surface area (Å²) in [4.78, 5) is 9.81. The van der Waals surface area contributed by atoms with Crippen molar-refractivity contribution in [2.75, 3.05) is 0 Å². The van der Waals surface area contributed by atoms with Crippen LogP contribution in [0.5, 0.6) is 0 Å². The van der Waals surface area contributed by atoms with Crippen molar-refractivity contribution in [3.8, 4) is 11.3 Å². The molecule has 0 saturated heterocycles. The van der Waals surface area contributed by atoms with E-state index in [1.54, 1.807) is 23.7 Å². The average molecular weight is 341 g/mol. The van der Waals surface area contributed by atoms with Crippen LogP contribution < -0.4 is 4.80 Å². The molecule has 1 atom stereocenters. The molecule has 24 heavy (non-hydrogen) atoms. The molecule has 0 amide bonds. The smallest absolute Gasteiger partial charge is 0.190 e. The van der Waals surface area contributed by atoms with Crippen molar-refractivity contribution in [2.45, 2.75) is 32.7 Å². The van der Waals surface area contributed by atoms with Gasteiger partial charge in [-0.05, 0) is 55.3 Å². The maximum Gasteiger partial charge on any atom is 0.190 e. The van der Waals surface area contributed by atoms with Crippen LogP contribution >= 0.6 is 11.3 Å². The second-order valence-electron chi connectivity index (χ2n) is 5.74. The Morgan fingerprint density at radius 2 is 2.04 bits per heavy atom. The summed E-state index contributed by atoms with van der Waals surface area (Å²) in [5.41, 5.74) is 2.91. The molecule has 1 aromatic carbocycles.